The first-order valence-corrected chi connectivity index (χ1v) is 10.9. The molecule has 6 unspecified atom stereocenters. The Morgan fingerprint density at radius 1 is 0.692 bits per heavy atom. The lowest BCUT2D eigenvalue weighted by molar-refractivity contribution is -0.461. The van der Waals surface area contributed by atoms with Gasteiger partial charge in [0.2, 0.25) is 0 Å². The van der Waals surface area contributed by atoms with Crippen LogP contribution in [0.2, 0.25) is 0 Å². The van der Waals surface area contributed by atoms with Crippen molar-refractivity contribution in [3.63, 3.8) is 0 Å². The molecule has 0 N–H and O–H groups in total. The fraction of sp³-hybridized carbons (Fsp3) is 0.950. The minimum atomic E-state index is -8.66. The number of carbonyl (C=O) groups excluding carboxylic acids is 1. The molecule has 19 heteroatoms. The standard InChI is InChI=1S/C20H17F17O2/c1-6-8-5-9-10(6)13(9,7(8)2)11(38)39-4-3-12(21,22)14(23,24)15(25,26)16(27,28)17(29,30)18(31,32)19(33,34)20(35,36)37/h6-10H,3-5H2,1-2H3. The first kappa shape index (κ1) is 31.8. The smallest absolute Gasteiger partial charge is 0.460 e. The highest BCUT2D eigenvalue weighted by Gasteiger charge is 2.95. The summed E-state index contributed by atoms with van der Waals surface area (Å²) in [6, 6.07) is 0. The van der Waals surface area contributed by atoms with Gasteiger partial charge in [0, 0.05) is 0 Å². The molecule has 228 valence electrons. The van der Waals surface area contributed by atoms with Gasteiger partial charge in [0.15, 0.2) is 0 Å². The van der Waals surface area contributed by atoms with E-state index in [-0.39, 0.29) is 29.6 Å². The fourth-order valence-electron chi connectivity index (χ4n) is 6.31. The Kier molecular flexibility index (Phi) is 6.67. The van der Waals surface area contributed by atoms with Gasteiger partial charge in [-0.1, -0.05) is 13.8 Å². The summed E-state index contributed by atoms with van der Waals surface area (Å²) in [6.45, 7) is 1.50. The summed E-state index contributed by atoms with van der Waals surface area (Å²) >= 11 is 0. The van der Waals surface area contributed by atoms with Crippen molar-refractivity contribution in [2.75, 3.05) is 6.61 Å². The lowest BCUT2D eigenvalue weighted by Gasteiger charge is -2.42. The largest absolute Gasteiger partial charge is 0.465 e. The molecule has 4 aliphatic carbocycles. The molecule has 6 atom stereocenters. The maximum Gasteiger partial charge on any atom is 0.460 e. The Bertz CT molecular complexity index is 999. The molecule has 0 radical (unpaired) electrons. The predicted octanol–water partition coefficient (Wildman–Crippen LogP) is 7.47. The van der Waals surface area contributed by atoms with E-state index in [1.807, 2.05) is 0 Å². The van der Waals surface area contributed by atoms with Crippen LogP contribution in [0.5, 0.6) is 0 Å². The molecule has 0 heterocycles. The van der Waals surface area contributed by atoms with Crippen LogP contribution < -0.4 is 0 Å². The zero-order valence-corrected chi connectivity index (χ0v) is 19.2. The van der Waals surface area contributed by atoms with Crippen molar-refractivity contribution in [1.82, 2.24) is 0 Å². The van der Waals surface area contributed by atoms with Crippen LogP contribution in [0.4, 0.5) is 74.6 Å². The lowest BCUT2D eigenvalue weighted by atomic mass is 9.88. The molecular weight excluding hydrogens is 595 g/mol. The van der Waals surface area contributed by atoms with Crippen molar-refractivity contribution in [3.8, 4) is 0 Å². The Labute approximate surface area is 207 Å². The van der Waals surface area contributed by atoms with Crippen LogP contribution in [0.25, 0.3) is 0 Å². The molecule has 0 aromatic rings. The van der Waals surface area contributed by atoms with Crippen LogP contribution in [0, 0.1) is 35.0 Å². The monoisotopic (exact) mass is 612 g/mol. The molecule has 4 fully saturated rings. The van der Waals surface area contributed by atoms with Crippen LogP contribution in [0.1, 0.15) is 26.7 Å². The van der Waals surface area contributed by atoms with Crippen LogP contribution in [0.15, 0.2) is 0 Å². The third-order valence-corrected chi connectivity index (χ3v) is 8.44. The number of halogens is 17. The number of alkyl halides is 17. The number of ether oxygens (including phenoxy) is 1. The maximum atomic E-state index is 14.0. The summed E-state index contributed by atoms with van der Waals surface area (Å²) in [5, 5.41) is 0. The van der Waals surface area contributed by atoms with E-state index in [1.54, 1.807) is 13.8 Å². The van der Waals surface area contributed by atoms with E-state index in [4.69, 9.17) is 0 Å². The van der Waals surface area contributed by atoms with Crippen molar-refractivity contribution >= 4 is 5.97 Å². The quantitative estimate of drug-likeness (QED) is 0.189. The van der Waals surface area contributed by atoms with E-state index in [1.165, 1.54) is 0 Å². The van der Waals surface area contributed by atoms with Crippen LogP contribution in [0.3, 0.4) is 0 Å². The molecule has 39 heavy (non-hydrogen) atoms. The number of esters is 1. The molecule has 0 aromatic heterocycles. The summed E-state index contributed by atoms with van der Waals surface area (Å²) in [5.41, 5.74) is -1.18. The molecular formula is C20H17F17O2. The Hall–Kier alpha value is -1.72. The summed E-state index contributed by atoms with van der Waals surface area (Å²) < 4.78 is 231. The number of carbonyl (C=O) groups is 1. The van der Waals surface area contributed by atoms with E-state index < -0.39 is 72.0 Å². The van der Waals surface area contributed by atoms with Crippen LogP contribution in [-0.2, 0) is 9.53 Å². The second-order valence-electron chi connectivity index (χ2n) is 10.1. The zero-order valence-electron chi connectivity index (χ0n) is 19.2. The molecule has 4 aliphatic rings. The van der Waals surface area contributed by atoms with Gasteiger partial charge in [-0.25, -0.2) is 0 Å². The maximum absolute atomic E-state index is 14.0. The molecule has 4 rings (SSSR count). The molecule has 2 nitrogen and oxygen atoms in total. The molecule has 0 aromatic carbocycles. The molecule has 0 amide bonds. The van der Waals surface area contributed by atoms with Crippen molar-refractivity contribution in [2.45, 2.75) is 74.3 Å². The van der Waals surface area contributed by atoms with Gasteiger partial charge in [-0.2, -0.15) is 74.6 Å². The molecule has 0 saturated heterocycles. The van der Waals surface area contributed by atoms with Gasteiger partial charge in [0.1, 0.15) is 0 Å². The Morgan fingerprint density at radius 3 is 1.44 bits per heavy atom. The summed E-state index contributed by atoms with van der Waals surface area (Å²) in [7, 11) is 0. The van der Waals surface area contributed by atoms with Crippen molar-refractivity contribution in [1.29, 1.82) is 0 Å². The predicted molar refractivity (Wildman–Crippen MR) is 92.1 cm³/mol. The molecule has 4 saturated carbocycles. The lowest BCUT2D eigenvalue weighted by Crippen LogP contribution is -2.74. The second kappa shape index (κ2) is 8.18. The van der Waals surface area contributed by atoms with Crippen LogP contribution >= 0.6 is 0 Å². The molecule has 4 bridgehead atoms. The number of hydrogen-bond acceptors (Lipinski definition) is 2. The number of rotatable bonds is 10. The van der Waals surface area contributed by atoms with Gasteiger partial charge in [-0.05, 0) is 36.0 Å². The topological polar surface area (TPSA) is 26.3 Å². The highest BCUT2D eigenvalue weighted by Crippen LogP contribution is 2.83. The van der Waals surface area contributed by atoms with Gasteiger partial charge < -0.3 is 4.74 Å². The zero-order chi connectivity index (χ0) is 30.8. The third-order valence-electron chi connectivity index (χ3n) is 8.44. The summed E-state index contributed by atoms with van der Waals surface area (Å²) in [6.07, 6.45) is -10.0. The third kappa shape index (κ3) is 3.51. The second-order valence-corrected chi connectivity index (χ2v) is 10.1. The number of hydrogen-bond donors (Lipinski definition) is 0. The van der Waals surface area contributed by atoms with Gasteiger partial charge in [-0.3, -0.25) is 4.79 Å². The average Bonchev–Trinajstić information content (AvgIpc) is 3.05. The van der Waals surface area contributed by atoms with E-state index >= 15 is 0 Å². The fourth-order valence-corrected chi connectivity index (χ4v) is 6.31. The normalized spacial score (nSPS) is 32.0. The molecule has 0 aliphatic heterocycles. The van der Waals surface area contributed by atoms with E-state index in [0.717, 1.165) is 0 Å². The van der Waals surface area contributed by atoms with Crippen molar-refractivity contribution in [2.24, 2.45) is 35.0 Å². The van der Waals surface area contributed by atoms with Gasteiger partial charge in [-0.15, -0.1) is 0 Å². The summed E-state index contributed by atoms with van der Waals surface area (Å²) in [5.74, 6) is -58.7. The van der Waals surface area contributed by atoms with E-state index in [2.05, 4.69) is 4.74 Å². The highest BCUT2D eigenvalue weighted by molar-refractivity contribution is 5.84. The first-order valence-electron chi connectivity index (χ1n) is 10.9. The highest BCUT2D eigenvalue weighted by atomic mass is 19.4. The summed E-state index contributed by atoms with van der Waals surface area (Å²) in [4.78, 5) is 12.4. The van der Waals surface area contributed by atoms with E-state index in [0.29, 0.717) is 6.42 Å². The van der Waals surface area contributed by atoms with Crippen molar-refractivity contribution in [3.05, 3.63) is 0 Å². The van der Waals surface area contributed by atoms with Gasteiger partial charge >= 0.3 is 53.6 Å². The minimum Gasteiger partial charge on any atom is -0.465 e. The first-order chi connectivity index (χ1) is 17.0. The minimum absolute atomic E-state index is 0.00577. The average molecular weight is 612 g/mol. The molecule has 0 spiro atoms. The van der Waals surface area contributed by atoms with Gasteiger partial charge in [0.25, 0.3) is 0 Å². The van der Waals surface area contributed by atoms with E-state index in [9.17, 15) is 79.4 Å². The Balaban J connectivity index is 1.80. The van der Waals surface area contributed by atoms with Crippen LogP contribution in [-0.4, -0.2) is 60.2 Å². The SMILES string of the molecule is CC1C2CC3C1C3(C(=O)OCCC(F)(F)C(F)(F)C(F)(F)C(F)(F)C(F)(F)C(F)(F)C(F)(F)C(F)(F)F)C2C. The van der Waals surface area contributed by atoms with Crippen molar-refractivity contribution < 1.29 is 84.2 Å². The van der Waals surface area contributed by atoms with Gasteiger partial charge in [0.05, 0.1) is 18.4 Å². The Morgan fingerprint density at radius 2 is 1.10 bits per heavy atom.